The van der Waals surface area contributed by atoms with Crippen molar-refractivity contribution >= 4 is 21.5 Å². The summed E-state index contributed by atoms with van der Waals surface area (Å²) >= 11 is 0. The van der Waals surface area contributed by atoms with Crippen LogP contribution < -0.4 is 10.0 Å². The zero-order valence-electron chi connectivity index (χ0n) is 9.08. The number of aromatic nitrogens is 1. The molecule has 1 heterocycles. The van der Waals surface area contributed by atoms with Crippen molar-refractivity contribution in [3.8, 4) is 0 Å². The van der Waals surface area contributed by atoms with E-state index in [-0.39, 0.29) is 12.2 Å². The third kappa shape index (κ3) is 5.22. The van der Waals surface area contributed by atoms with E-state index in [4.69, 9.17) is 0 Å². The van der Waals surface area contributed by atoms with Gasteiger partial charge in [-0.1, -0.05) is 0 Å². The number of hydrogen-bond acceptors (Lipinski definition) is 6. The summed E-state index contributed by atoms with van der Waals surface area (Å²) in [5.74, 6) is 0.328. The van der Waals surface area contributed by atoms with Gasteiger partial charge < -0.3 is 5.32 Å². The minimum atomic E-state index is -3.22. The van der Waals surface area contributed by atoms with Crippen LogP contribution in [0.3, 0.4) is 0 Å². The lowest BCUT2D eigenvalue weighted by molar-refractivity contribution is -0.384. The lowest BCUT2D eigenvalue weighted by atomic mass is 10.4. The van der Waals surface area contributed by atoms with Gasteiger partial charge in [0.2, 0.25) is 10.0 Å². The molecule has 9 heteroatoms. The molecule has 2 N–H and O–H groups in total. The second-order valence-corrected chi connectivity index (χ2v) is 5.08. The summed E-state index contributed by atoms with van der Waals surface area (Å²) in [4.78, 5) is 13.8. The molecule has 1 aromatic rings. The van der Waals surface area contributed by atoms with Crippen LogP contribution in [-0.4, -0.2) is 37.7 Å². The summed E-state index contributed by atoms with van der Waals surface area (Å²) in [5.41, 5.74) is -0.0708. The molecule has 0 amide bonds. The maximum atomic E-state index is 10.7. The van der Waals surface area contributed by atoms with Crippen LogP contribution >= 0.6 is 0 Å². The Morgan fingerprint density at radius 2 is 2.18 bits per heavy atom. The Hall–Kier alpha value is -1.74. The maximum absolute atomic E-state index is 10.7. The standard InChI is InChI=1S/C8H12N4O4S/c1-17(15,16)11-5-4-10-8-6-7(12(13)14)2-3-9-8/h2-3,6,11H,4-5H2,1H3,(H,9,10). The number of nitrogens with zero attached hydrogens (tertiary/aromatic N) is 2. The Morgan fingerprint density at radius 3 is 2.76 bits per heavy atom. The number of pyridine rings is 1. The van der Waals surface area contributed by atoms with E-state index in [9.17, 15) is 18.5 Å². The van der Waals surface area contributed by atoms with Gasteiger partial charge in [-0.25, -0.2) is 18.1 Å². The molecule has 0 radical (unpaired) electrons. The van der Waals surface area contributed by atoms with Gasteiger partial charge in [-0.05, 0) is 0 Å². The summed E-state index contributed by atoms with van der Waals surface area (Å²) in [6.07, 6.45) is 2.36. The Bertz CT molecular complexity index is 502. The molecular formula is C8H12N4O4S. The highest BCUT2D eigenvalue weighted by molar-refractivity contribution is 7.88. The van der Waals surface area contributed by atoms with Crippen molar-refractivity contribution in [2.45, 2.75) is 0 Å². The number of nitrogens with one attached hydrogen (secondary N) is 2. The smallest absolute Gasteiger partial charge is 0.274 e. The number of nitro groups is 1. The van der Waals surface area contributed by atoms with E-state index in [1.807, 2.05) is 0 Å². The molecule has 0 unspecified atom stereocenters. The minimum Gasteiger partial charge on any atom is -0.369 e. The summed E-state index contributed by atoms with van der Waals surface area (Å²) < 4.78 is 23.8. The zero-order valence-corrected chi connectivity index (χ0v) is 9.90. The number of hydrogen-bond donors (Lipinski definition) is 2. The van der Waals surface area contributed by atoms with Crippen molar-refractivity contribution in [2.24, 2.45) is 0 Å². The van der Waals surface area contributed by atoms with Crippen LogP contribution in [0.4, 0.5) is 11.5 Å². The quantitative estimate of drug-likeness (QED) is 0.421. The van der Waals surface area contributed by atoms with E-state index in [2.05, 4.69) is 15.0 Å². The molecule has 0 aromatic carbocycles. The molecule has 0 atom stereocenters. The first-order valence-corrected chi connectivity index (χ1v) is 6.56. The van der Waals surface area contributed by atoms with Crippen LogP contribution in [0.1, 0.15) is 0 Å². The normalized spacial score (nSPS) is 11.1. The molecule has 0 aliphatic rings. The first-order valence-electron chi connectivity index (χ1n) is 4.67. The van der Waals surface area contributed by atoms with Crippen molar-refractivity contribution in [2.75, 3.05) is 24.7 Å². The number of rotatable bonds is 6. The van der Waals surface area contributed by atoms with Crippen LogP contribution in [0.15, 0.2) is 18.3 Å². The van der Waals surface area contributed by atoms with Crippen molar-refractivity contribution < 1.29 is 13.3 Å². The van der Waals surface area contributed by atoms with Crippen molar-refractivity contribution in [1.82, 2.24) is 9.71 Å². The third-order valence-corrected chi connectivity index (χ3v) is 2.48. The van der Waals surface area contributed by atoms with Gasteiger partial charge in [0.25, 0.3) is 5.69 Å². The predicted molar refractivity (Wildman–Crippen MR) is 62.2 cm³/mol. The Labute approximate surface area is 98.3 Å². The van der Waals surface area contributed by atoms with Gasteiger partial charge in [0, 0.05) is 25.4 Å². The van der Waals surface area contributed by atoms with E-state index >= 15 is 0 Å². The highest BCUT2D eigenvalue weighted by atomic mass is 32.2. The Balaban J connectivity index is 2.47. The number of anilines is 1. The SMILES string of the molecule is CS(=O)(=O)NCCNc1cc([N+](=O)[O-])ccn1. The molecule has 17 heavy (non-hydrogen) atoms. The second kappa shape index (κ2) is 5.55. The molecule has 1 rings (SSSR count). The summed E-state index contributed by atoms with van der Waals surface area (Å²) in [7, 11) is -3.22. The molecule has 0 aliphatic heterocycles. The largest absolute Gasteiger partial charge is 0.369 e. The average molecular weight is 260 g/mol. The third-order valence-electron chi connectivity index (χ3n) is 1.75. The molecule has 0 aliphatic carbocycles. The summed E-state index contributed by atoms with van der Waals surface area (Å²) in [5, 5.41) is 13.2. The van der Waals surface area contributed by atoms with Gasteiger partial charge in [0.15, 0.2) is 0 Å². The number of sulfonamides is 1. The molecule has 0 saturated heterocycles. The Morgan fingerprint density at radius 1 is 1.47 bits per heavy atom. The monoisotopic (exact) mass is 260 g/mol. The lowest BCUT2D eigenvalue weighted by Gasteiger charge is -2.05. The van der Waals surface area contributed by atoms with Gasteiger partial charge in [-0.15, -0.1) is 0 Å². The van der Waals surface area contributed by atoms with Gasteiger partial charge in [-0.3, -0.25) is 10.1 Å². The molecule has 0 fully saturated rings. The topological polar surface area (TPSA) is 114 Å². The molecule has 1 aromatic heterocycles. The summed E-state index contributed by atoms with van der Waals surface area (Å²) in [6.45, 7) is 0.477. The van der Waals surface area contributed by atoms with E-state index in [1.54, 1.807) is 0 Å². The fraction of sp³-hybridized carbons (Fsp3) is 0.375. The molecular weight excluding hydrogens is 248 g/mol. The molecule has 8 nitrogen and oxygen atoms in total. The van der Waals surface area contributed by atoms with Gasteiger partial charge in [-0.2, -0.15) is 0 Å². The molecule has 0 saturated carbocycles. The fourth-order valence-corrected chi connectivity index (χ4v) is 1.53. The Kier molecular flexibility index (Phi) is 4.35. The van der Waals surface area contributed by atoms with Crippen molar-refractivity contribution in [3.63, 3.8) is 0 Å². The van der Waals surface area contributed by atoms with Crippen molar-refractivity contribution in [1.29, 1.82) is 0 Å². The molecule has 94 valence electrons. The van der Waals surface area contributed by atoms with Crippen LogP contribution in [-0.2, 0) is 10.0 Å². The molecule has 0 spiro atoms. The van der Waals surface area contributed by atoms with Crippen LogP contribution in [0.25, 0.3) is 0 Å². The second-order valence-electron chi connectivity index (χ2n) is 3.25. The van der Waals surface area contributed by atoms with Gasteiger partial charge in [0.1, 0.15) is 5.82 Å². The van der Waals surface area contributed by atoms with Gasteiger partial charge >= 0.3 is 0 Å². The van der Waals surface area contributed by atoms with E-state index in [0.29, 0.717) is 12.4 Å². The fourth-order valence-electron chi connectivity index (χ4n) is 1.06. The summed E-state index contributed by atoms with van der Waals surface area (Å²) in [6, 6.07) is 2.56. The van der Waals surface area contributed by atoms with Gasteiger partial charge in [0.05, 0.1) is 17.2 Å². The first kappa shape index (κ1) is 13.3. The van der Waals surface area contributed by atoms with Crippen LogP contribution in [0, 0.1) is 10.1 Å². The minimum absolute atomic E-state index is 0.0708. The van der Waals surface area contributed by atoms with E-state index < -0.39 is 14.9 Å². The highest BCUT2D eigenvalue weighted by Gasteiger charge is 2.06. The average Bonchev–Trinajstić information content (AvgIpc) is 2.23. The van der Waals surface area contributed by atoms with E-state index in [0.717, 1.165) is 6.26 Å². The van der Waals surface area contributed by atoms with Crippen molar-refractivity contribution in [3.05, 3.63) is 28.4 Å². The molecule has 0 bridgehead atoms. The maximum Gasteiger partial charge on any atom is 0.274 e. The van der Waals surface area contributed by atoms with Crippen LogP contribution in [0.2, 0.25) is 0 Å². The first-order chi connectivity index (χ1) is 7.88. The zero-order chi connectivity index (χ0) is 12.9. The lowest BCUT2D eigenvalue weighted by Crippen LogP contribution is -2.27. The predicted octanol–water partition coefficient (Wildman–Crippen LogP) is -0.0491. The van der Waals surface area contributed by atoms with E-state index in [1.165, 1.54) is 18.3 Å². The highest BCUT2D eigenvalue weighted by Crippen LogP contribution is 2.13. The van der Waals surface area contributed by atoms with Crippen LogP contribution in [0.5, 0.6) is 0 Å².